The fourth-order valence-electron chi connectivity index (χ4n) is 8.33. The second-order valence-corrected chi connectivity index (χ2v) is 11.1. The third kappa shape index (κ3) is 3.09. The predicted octanol–water partition coefficient (Wildman–Crippen LogP) is 5.35. The van der Waals surface area contributed by atoms with Gasteiger partial charge in [0.1, 0.15) is 12.4 Å². The van der Waals surface area contributed by atoms with Gasteiger partial charge in [-0.05, 0) is 87.5 Å². The number of amides is 1. The molecule has 2 atom stereocenters. The van der Waals surface area contributed by atoms with Gasteiger partial charge in [-0.15, -0.1) is 0 Å². The lowest BCUT2D eigenvalue weighted by Crippen LogP contribution is -2.54. The van der Waals surface area contributed by atoms with Gasteiger partial charge in [-0.2, -0.15) is 0 Å². The lowest BCUT2D eigenvalue weighted by Gasteiger charge is -2.57. The molecular weight excluding hydrogens is 374 g/mol. The Morgan fingerprint density at radius 1 is 0.867 bits per heavy atom. The van der Waals surface area contributed by atoms with Gasteiger partial charge >= 0.3 is 6.09 Å². The first kappa shape index (κ1) is 18.9. The molecular formula is C26H33NO3. The van der Waals surface area contributed by atoms with Crippen LogP contribution in [0.2, 0.25) is 0 Å². The third-order valence-corrected chi connectivity index (χ3v) is 9.08. The molecule has 0 spiro atoms. The van der Waals surface area contributed by atoms with E-state index < -0.39 is 0 Å². The van der Waals surface area contributed by atoms with Gasteiger partial charge in [-0.25, -0.2) is 4.79 Å². The molecule has 2 unspecified atom stereocenters. The van der Waals surface area contributed by atoms with Gasteiger partial charge in [0.2, 0.25) is 0 Å². The topological polar surface area (TPSA) is 46.6 Å². The second kappa shape index (κ2) is 7.10. The number of hydrogen-bond acceptors (Lipinski definition) is 3. The van der Waals surface area contributed by atoms with Crippen molar-refractivity contribution in [3.05, 3.63) is 35.9 Å². The summed E-state index contributed by atoms with van der Waals surface area (Å²) in [5, 5.41) is 0. The van der Waals surface area contributed by atoms with Crippen LogP contribution in [0.3, 0.4) is 0 Å². The summed E-state index contributed by atoms with van der Waals surface area (Å²) in [6.07, 6.45) is 11.2. The standard InChI is InChI=1S/C26H33NO3/c28-24(26-13-18-8-19(14-26)10-20(9-18)15-26)21-11-22-6-7-23(12-21)27(22)25(29)30-16-17-4-2-1-3-5-17/h1-5,18-23H,6-16H2. The molecule has 1 aromatic rings. The lowest BCUT2D eigenvalue weighted by atomic mass is 9.47. The molecule has 6 aliphatic rings. The van der Waals surface area contributed by atoms with Gasteiger partial charge in [-0.1, -0.05) is 30.3 Å². The Kier molecular flexibility index (Phi) is 4.47. The van der Waals surface area contributed by atoms with E-state index in [0.717, 1.165) is 68.3 Å². The number of carbonyl (C=O) groups is 2. The molecule has 2 aliphatic heterocycles. The van der Waals surface area contributed by atoms with Gasteiger partial charge in [0.05, 0.1) is 0 Å². The Bertz CT molecular complexity index is 785. The van der Waals surface area contributed by atoms with Crippen LogP contribution >= 0.6 is 0 Å². The van der Waals surface area contributed by atoms with Crippen molar-refractivity contribution >= 4 is 11.9 Å². The van der Waals surface area contributed by atoms with E-state index in [1.165, 1.54) is 19.3 Å². The lowest BCUT2D eigenvalue weighted by molar-refractivity contribution is -0.150. The fraction of sp³-hybridized carbons (Fsp3) is 0.692. The molecule has 4 saturated carbocycles. The molecule has 7 rings (SSSR count). The monoisotopic (exact) mass is 407 g/mol. The number of hydrogen-bond donors (Lipinski definition) is 0. The number of rotatable bonds is 4. The first-order valence-corrected chi connectivity index (χ1v) is 12.1. The van der Waals surface area contributed by atoms with E-state index in [1.54, 1.807) is 0 Å². The zero-order valence-electron chi connectivity index (χ0n) is 17.8. The first-order chi connectivity index (χ1) is 14.6. The predicted molar refractivity (Wildman–Crippen MR) is 114 cm³/mol. The van der Waals surface area contributed by atoms with E-state index in [9.17, 15) is 9.59 Å². The normalized spacial score (nSPS) is 41.1. The van der Waals surface area contributed by atoms with Gasteiger partial charge in [0.25, 0.3) is 0 Å². The van der Waals surface area contributed by atoms with E-state index in [4.69, 9.17) is 4.74 Å². The van der Waals surface area contributed by atoms with Crippen molar-refractivity contribution in [1.82, 2.24) is 4.90 Å². The summed E-state index contributed by atoms with van der Waals surface area (Å²) >= 11 is 0. The van der Waals surface area contributed by atoms with Crippen molar-refractivity contribution < 1.29 is 14.3 Å². The molecule has 0 aromatic heterocycles. The fourth-order valence-corrected chi connectivity index (χ4v) is 8.33. The first-order valence-electron chi connectivity index (χ1n) is 12.1. The largest absolute Gasteiger partial charge is 0.445 e. The smallest absolute Gasteiger partial charge is 0.410 e. The van der Waals surface area contributed by atoms with Gasteiger partial charge < -0.3 is 9.64 Å². The molecule has 30 heavy (non-hydrogen) atoms. The molecule has 0 N–H and O–H groups in total. The van der Waals surface area contributed by atoms with Crippen LogP contribution in [0.4, 0.5) is 4.79 Å². The minimum absolute atomic E-state index is 0.00511. The molecule has 6 fully saturated rings. The van der Waals surface area contributed by atoms with Crippen molar-refractivity contribution in [2.24, 2.45) is 29.1 Å². The number of piperidine rings is 1. The highest BCUT2D eigenvalue weighted by Gasteiger charge is 2.57. The Labute approximate surface area is 179 Å². The van der Waals surface area contributed by atoms with Crippen LogP contribution in [0, 0.1) is 29.1 Å². The number of ketones is 1. The molecule has 4 heteroatoms. The molecule has 4 aliphatic carbocycles. The molecule has 2 saturated heterocycles. The third-order valence-electron chi connectivity index (χ3n) is 9.08. The minimum Gasteiger partial charge on any atom is -0.445 e. The molecule has 2 heterocycles. The Hall–Kier alpha value is -1.84. The zero-order valence-corrected chi connectivity index (χ0v) is 17.8. The van der Waals surface area contributed by atoms with E-state index in [1.807, 2.05) is 35.2 Å². The van der Waals surface area contributed by atoms with E-state index in [2.05, 4.69) is 0 Å². The minimum atomic E-state index is -0.188. The Morgan fingerprint density at radius 3 is 2.00 bits per heavy atom. The van der Waals surface area contributed by atoms with Crippen molar-refractivity contribution in [3.63, 3.8) is 0 Å². The van der Waals surface area contributed by atoms with Crippen LogP contribution in [-0.2, 0) is 16.1 Å². The Balaban J connectivity index is 1.12. The average Bonchev–Trinajstić information content (AvgIpc) is 3.01. The van der Waals surface area contributed by atoms with Crippen LogP contribution in [0.25, 0.3) is 0 Å². The molecule has 0 radical (unpaired) electrons. The number of ether oxygens (including phenoxy) is 1. The highest BCUT2D eigenvalue weighted by atomic mass is 16.6. The van der Waals surface area contributed by atoms with Crippen molar-refractivity contribution in [1.29, 1.82) is 0 Å². The molecule has 160 valence electrons. The number of nitrogens with zero attached hydrogens (tertiary/aromatic N) is 1. The zero-order chi connectivity index (χ0) is 20.3. The highest BCUT2D eigenvalue weighted by molar-refractivity contribution is 5.88. The number of benzene rings is 1. The number of carbonyl (C=O) groups excluding carboxylic acids is 2. The summed E-state index contributed by atoms with van der Waals surface area (Å²) in [6, 6.07) is 10.3. The van der Waals surface area contributed by atoms with Crippen LogP contribution in [0.15, 0.2) is 30.3 Å². The second-order valence-electron chi connectivity index (χ2n) is 11.1. The van der Waals surface area contributed by atoms with E-state index >= 15 is 0 Å². The van der Waals surface area contributed by atoms with Crippen molar-refractivity contribution in [2.75, 3.05) is 0 Å². The van der Waals surface area contributed by atoms with Crippen LogP contribution in [0.5, 0.6) is 0 Å². The van der Waals surface area contributed by atoms with Gasteiger partial charge in [0.15, 0.2) is 0 Å². The number of Topliss-reactive ketones (excluding diaryl/α,β-unsaturated/α-hetero) is 1. The number of fused-ring (bicyclic) bond motifs is 2. The van der Waals surface area contributed by atoms with E-state index in [-0.39, 0.29) is 29.5 Å². The van der Waals surface area contributed by atoms with Crippen molar-refractivity contribution in [3.8, 4) is 0 Å². The Morgan fingerprint density at radius 2 is 1.43 bits per heavy atom. The van der Waals surface area contributed by atoms with Crippen LogP contribution in [0.1, 0.15) is 69.8 Å². The molecule has 6 bridgehead atoms. The summed E-state index contributed by atoms with van der Waals surface area (Å²) in [5.74, 6) is 3.17. The maximum absolute atomic E-state index is 13.8. The summed E-state index contributed by atoms with van der Waals surface area (Å²) in [5.41, 5.74) is 1.01. The summed E-state index contributed by atoms with van der Waals surface area (Å²) in [6.45, 7) is 0.325. The summed E-state index contributed by atoms with van der Waals surface area (Å²) < 4.78 is 5.65. The van der Waals surface area contributed by atoms with Crippen LogP contribution < -0.4 is 0 Å². The van der Waals surface area contributed by atoms with Gasteiger partial charge in [0, 0.05) is 23.4 Å². The molecule has 1 amide bonds. The van der Waals surface area contributed by atoms with Gasteiger partial charge in [-0.3, -0.25) is 4.79 Å². The molecule has 4 nitrogen and oxygen atoms in total. The molecule has 1 aromatic carbocycles. The maximum Gasteiger partial charge on any atom is 0.410 e. The average molecular weight is 408 g/mol. The van der Waals surface area contributed by atoms with Crippen LogP contribution in [-0.4, -0.2) is 28.9 Å². The van der Waals surface area contributed by atoms with E-state index in [0.29, 0.717) is 12.4 Å². The maximum atomic E-state index is 13.8. The quantitative estimate of drug-likeness (QED) is 0.676. The summed E-state index contributed by atoms with van der Waals surface area (Å²) in [7, 11) is 0. The SMILES string of the molecule is O=C(OCc1ccccc1)N1C2CCC1CC(C(=O)C13CC4CC(CC(C4)C1)C3)C2. The summed E-state index contributed by atoms with van der Waals surface area (Å²) in [4.78, 5) is 28.7. The van der Waals surface area contributed by atoms with Crippen molar-refractivity contribution in [2.45, 2.75) is 82.9 Å². The highest BCUT2D eigenvalue weighted by Crippen LogP contribution is 2.61.